The van der Waals surface area contributed by atoms with Crippen LogP contribution in [0.1, 0.15) is 26.7 Å². The van der Waals surface area contributed by atoms with Crippen molar-refractivity contribution in [1.29, 1.82) is 0 Å². The maximum Gasteiger partial charge on any atom is 0.152 e. The normalized spacial score (nSPS) is 33.9. The number of allylic oxidation sites excluding steroid dienone is 1. The zero-order valence-corrected chi connectivity index (χ0v) is 8.03. The fourth-order valence-corrected chi connectivity index (χ4v) is 2.15. The third-order valence-corrected chi connectivity index (χ3v) is 2.93. The number of aliphatic hydroxyl groups is 2. The fourth-order valence-electron chi connectivity index (χ4n) is 2.15. The van der Waals surface area contributed by atoms with Gasteiger partial charge in [-0.3, -0.25) is 4.79 Å². The molecule has 0 amide bonds. The van der Waals surface area contributed by atoms with Crippen LogP contribution in [0.5, 0.6) is 0 Å². The highest BCUT2D eigenvalue weighted by Crippen LogP contribution is 2.38. The summed E-state index contributed by atoms with van der Waals surface area (Å²) in [5.41, 5.74) is 0.179. The Bertz CT molecular complexity index is 232. The number of aldehydes is 1. The van der Waals surface area contributed by atoms with Crippen LogP contribution in [-0.4, -0.2) is 22.6 Å². The van der Waals surface area contributed by atoms with Crippen molar-refractivity contribution in [3.05, 3.63) is 11.3 Å². The van der Waals surface area contributed by atoms with Gasteiger partial charge in [0.05, 0.1) is 11.7 Å². The summed E-state index contributed by atoms with van der Waals surface area (Å²) in [5.74, 6) is 0.0576. The summed E-state index contributed by atoms with van der Waals surface area (Å²) >= 11 is 0. The number of carbonyl (C=O) groups excluding carboxylic acids is 1. The first-order valence-electron chi connectivity index (χ1n) is 4.73. The third-order valence-electron chi connectivity index (χ3n) is 2.93. The zero-order chi connectivity index (χ0) is 10.0. The molecule has 0 heterocycles. The highest BCUT2D eigenvalue weighted by atomic mass is 16.3. The molecule has 0 radical (unpaired) electrons. The summed E-state index contributed by atoms with van der Waals surface area (Å²) in [6.45, 7) is 3.90. The molecule has 3 heteroatoms. The molecule has 3 nitrogen and oxygen atoms in total. The molecule has 3 unspecified atom stereocenters. The lowest BCUT2D eigenvalue weighted by molar-refractivity contribution is -0.105. The lowest BCUT2D eigenvalue weighted by Crippen LogP contribution is -2.21. The Balaban J connectivity index is 2.96. The van der Waals surface area contributed by atoms with Gasteiger partial charge in [0.15, 0.2) is 6.29 Å². The Morgan fingerprint density at radius 1 is 1.38 bits per heavy atom. The smallest absolute Gasteiger partial charge is 0.152 e. The molecule has 1 aliphatic rings. The molecule has 0 aromatic heterocycles. The molecule has 3 atom stereocenters. The summed E-state index contributed by atoms with van der Waals surface area (Å²) in [7, 11) is 0. The molecule has 0 spiro atoms. The van der Waals surface area contributed by atoms with Crippen molar-refractivity contribution in [2.75, 3.05) is 0 Å². The van der Waals surface area contributed by atoms with Gasteiger partial charge in [0.2, 0.25) is 0 Å². The van der Waals surface area contributed by atoms with Crippen molar-refractivity contribution >= 4 is 6.29 Å². The van der Waals surface area contributed by atoms with Crippen molar-refractivity contribution in [3.63, 3.8) is 0 Å². The van der Waals surface area contributed by atoms with Crippen molar-refractivity contribution in [1.82, 2.24) is 0 Å². The summed E-state index contributed by atoms with van der Waals surface area (Å²) in [5, 5.41) is 19.3. The van der Waals surface area contributed by atoms with Gasteiger partial charge < -0.3 is 10.2 Å². The van der Waals surface area contributed by atoms with Crippen LogP contribution >= 0.6 is 0 Å². The van der Waals surface area contributed by atoms with Crippen LogP contribution in [0.2, 0.25) is 0 Å². The Labute approximate surface area is 78.1 Å². The predicted molar refractivity (Wildman–Crippen MR) is 49.3 cm³/mol. The molecule has 13 heavy (non-hydrogen) atoms. The Hall–Kier alpha value is -0.830. The van der Waals surface area contributed by atoms with E-state index in [-0.39, 0.29) is 23.2 Å². The standard InChI is InChI=1S/C10H16O3/c1-3-6-7(4-2)10(13)8(5-11)9(6)12/h5-7,9,12-13H,3-4H2,1-2H3. The Morgan fingerprint density at radius 2 is 2.00 bits per heavy atom. The van der Waals surface area contributed by atoms with Crippen LogP contribution in [0.15, 0.2) is 11.3 Å². The Kier molecular flexibility index (Phi) is 3.09. The minimum atomic E-state index is -0.771. The van der Waals surface area contributed by atoms with Gasteiger partial charge in [0.25, 0.3) is 0 Å². The molecule has 0 aromatic rings. The van der Waals surface area contributed by atoms with Gasteiger partial charge in [0, 0.05) is 5.92 Å². The molecule has 1 aliphatic carbocycles. The largest absolute Gasteiger partial charge is 0.512 e. The Morgan fingerprint density at radius 3 is 2.31 bits per heavy atom. The van der Waals surface area contributed by atoms with Gasteiger partial charge in [0.1, 0.15) is 5.76 Å². The molecule has 0 bridgehead atoms. The summed E-state index contributed by atoms with van der Waals surface area (Å²) in [6.07, 6.45) is 1.34. The number of hydrogen-bond donors (Lipinski definition) is 2. The quantitative estimate of drug-likeness (QED) is 0.652. The average Bonchev–Trinajstić information content (AvgIpc) is 2.36. The second kappa shape index (κ2) is 3.92. The predicted octanol–water partition coefficient (Wildman–Crippen LogP) is 1.42. The van der Waals surface area contributed by atoms with Crippen LogP contribution in [0.25, 0.3) is 0 Å². The van der Waals surface area contributed by atoms with E-state index in [4.69, 9.17) is 0 Å². The number of rotatable bonds is 3. The lowest BCUT2D eigenvalue weighted by Gasteiger charge is -2.19. The van der Waals surface area contributed by atoms with Crippen LogP contribution in [0, 0.1) is 11.8 Å². The molecule has 1 rings (SSSR count). The molecule has 0 saturated heterocycles. The van der Waals surface area contributed by atoms with E-state index in [9.17, 15) is 15.0 Å². The number of carbonyl (C=O) groups is 1. The van der Waals surface area contributed by atoms with Crippen molar-refractivity contribution in [2.45, 2.75) is 32.8 Å². The molecule has 0 fully saturated rings. The van der Waals surface area contributed by atoms with E-state index in [1.807, 2.05) is 13.8 Å². The first kappa shape index (κ1) is 10.3. The topological polar surface area (TPSA) is 57.5 Å². The minimum Gasteiger partial charge on any atom is -0.512 e. The molecular weight excluding hydrogens is 168 g/mol. The van der Waals surface area contributed by atoms with Crippen molar-refractivity contribution in [3.8, 4) is 0 Å². The number of aliphatic hydroxyl groups excluding tert-OH is 2. The number of hydrogen-bond acceptors (Lipinski definition) is 3. The zero-order valence-electron chi connectivity index (χ0n) is 8.03. The van der Waals surface area contributed by atoms with Crippen LogP contribution in [0.3, 0.4) is 0 Å². The fraction of sp³-hybridized carbons (Fsp3) is 0.700. The first-order chi connectivity index (χ1) is 6.17. The molecule has 0 aromatic carbocycles. The molecule has 74 valence electrons. The van der Waals surface area contributed by atoms with Crippen molar-refractivity contribution < 1.29 is 15.0 Å². The minimum absolute atomic E-state index is 0.00481. The highest BCUT2D eigenvalue weighted by Gasteiger charge is 2.39. The monoisotopic (exact) mass is 184 g/mol. The SMILES string of the molecule is CCC1C(O)=C(C=O)C(O)C1CC. The third kappa shape index (κ3) is 1.48. The van der Waals surface area contributed by atoms with Crippen LogP contribution in [0.4, 0.5) is 0 Å². The van der Waals surface area contributed by atoms with E-state index >= 15 is 0 Å². The van der Waals surface area contributed by atoms with Crippen molar-refractivity contribution in [2.24, 2.45) is 11.8 Å². The second-order valence-corrected chi connectivity index (χ2v) is 3.49. The molecule has 2 N–H and O–H groups in total. The molecule has 0 saturated carbocycles. The molecular formula is C10H16O3. The summed E-state index contributed by atoms with van der Waals surface area (Å²) < 4.78 is 0. The van der Waals surface area contributed by atoms with E-state index in [1.54, 1.807) is 0 Å². The summed E-state index contributed by atoms with van der Waals surface area (Å²) in [4.78, 5) is 10.6. The second-order valence-electron chi connectivity index (χ2n) is 3.49. The molecule has 0 aliphatic heterocycles. The van der Waals surface area contributed by atoms with Gasteiger partial charge in [-0.15, -0.1) is 0 Å². The van der Waals surface area contributed by atoms with Gasteiger partial charge in [-0.1, -0.05) is 13.8 Å². The van der Waals surface area contributed by atoms with Gasteiger partial charge >= 0.3 is 0 Å². The first-order valence-corrected chi connectivity index (χ1v) is 4.73. The van der Waals surface area contributed by atoms with Crippen LogP contribution < -0.4 is 0 Å². The maximum atomic E-state index is 10.6. The van der Waals surface area contributed by atoms with Gasteiger partial charge in [-0.2, -0.15) is 0 Å². The van der Waals surface area contributed by atoms with Gasteiger partial charge in [-0.05, 0) is 18.8 Å². The maximum absolute atomic E-state index is 10.6. The lowest BCUT2D eigenvalue weighted by atomic mass is 9.88. The van der Waals surface area contributed by atoms with Gasteiger partial charge in [-0.25, -0.2) is 0 Å². The highest BCUT2D eigenvalue weighted by molar-refractivity contribution is 5.76. The van der Waals surface area contributed by atoms with E-state index in [2.05, 4.69) is 0 Å². The average molecular weight is 184 g/mol. The van der Waals surface area contributed by atoms with E-state index in [0.717, 1.165) is 12.8 Å². The summed E-state index contributed by atoms with van der Waals surface area (Å²) in [6, 6.07) is 0. The van der Waals surface area contributed by atoms with Crippen LogP contribution in [-0.2, 0) is 4.79 Å². The van der Waals surface area contributed by atoms with E-state index in [0.29, 0.717) is 6.29 Å². The van der Waals surface area contributed by atoms with E-state index in [1.165, 1.54) is 0 Å². The van der Waals surface area contributed by atoms with E-state index < -0.39 is 6.10 Å².